The van der Waals surface area contributed by atoms with Crippen molar-refractivity contribution in [1.82, 2.24) is 105 Å². The molecule has 1 aliphatic rings. The van der Waals surface area contributed by atoms with Crippen LogP contribution < -0.4 is 108 Å². The molecule has 0 bridgehead atoms. The highest BCUT2D eigenvalue weighted by Gasteiger charge is 2.42. The van der Waals surface area contributed by atoms with Crippen molar-refractivity contribution >= 4 is 106 Å². The molecule has 2 aromatic heterocycles. The maximum Gasteiger partial charge on any atom is 0.246 e. The van der Waals surface area contributed by atoms with Gasteiger partial charge in [-0.2, -0.15) is 0 Å². The molecule has 0 radical (unpaired) electrons. The molecule has 30 N–H and O–H groups in total. The average molecular weight is 1740 g/mol. The number of carbonyl (C=O) groups is 17. The standard InChI is InChI=1S/C79H120N26O19/c1-7-51(96-75(121)60(39-106)95-63(110)38-89-68(114)56(33-48-36-86-40-90-48)101-71(117)54(21-15-29-88-79(84)85)98-66(112)43(4)92-70(116)53(94-45(6)107)20-12-14-28-81)69(115)102-58(35-62(82)109)73(119)100-55(31-47-23-25-50(108)26-24-47)74(120)104-64(42(2)3)77(123)103-59(32-46-17-9-8-10-18-46)78(124)105-30-16-22-61(105)76(122)93-44(5)67(113)99-57(34-49-37-87-41-91-49)72(118)97-52(65(83)111)19-11-13-27-80/h8-10,17-18,23-26,36-37,40-44,51-61,64,106,108H,7,11-16,19-22,27-35,38-39,80-81H2,1-6H3,(H2,82,109)(H2,83,111)(H,86,90)(H,87,91)(H,89,114)(H,92,116)(H,93,122)(H,94,107)(H,95,110)(H,96,121)(H,97,118)(H,98,112)(H,99,113)(H,100,119)(H,101,117)(H,102,115)(H,103,123)(H,104,120)(H4,84,85,88)/t43-,44-,51?,52-,53-,54-,55-,56-,57-,58-,59-,60-,61-,64-/m0/s1. The molecule has 1 fully saturated rings. The van der Waals surface area contributed by atoms with E-state index in [0.29, 0.717) is 62.0 Å². The van der Waals surface area contributed by atoms with E-state index in [4.69, 9.17) is 34.1 Å². The number of guanidine groups is 1. The zero-order chi connectivity index (χ0) is 91.7. The van der Waals surface area contributed by atoms with E-state index in [-0.39, 0.29) is 94.7 Å². The molecule has 0 saturated carbocycles. The summed E-state index contributed by atoms with van der Waals surface area (Å²) in [5.41, 5.74) is 29.4. The van der Waals surface area contributed by atoms with Gasteiger partial charge in [0.05, 0.1) is 43.6 Å². The molecule has 45 nitrogen and oxygen atoms in total. The van der Waals surface area contributed by atoms with Gasteiger partial charge >= 0.3 is 0 Å². The molecule has 45 heteroatoms. The number of rotatable bonds is 54. The molecule has 680 valence electrons. The fourth-order valence-electron chi connectivity index (χ4n) is 13.1. The summed E-state index contributed by atoms with van der Waals surface area (Å²) in [6.07, 6.45) is 6.37. The van der Waals surface area contributed by atoms with Gasteiger partial charge in [0.2, 0.25) is 100 Å². The molecule has 4 aromatic rings. The van der Waals surface area contributed by atoms with Crippen LogP contribution in [0.3, 0.4) is 0 Å². The van der Waals surface area contributed by atoms with E-state index in [1.54, 1.807) is 44.2 Å². The van der Waals surface area contributed by atoms with Crippen LogP contribution in [-0.4, -0.2) is 265 Å². The molecule has 14 atom stereocenters. The van der Waals surface area contributed by atoms with Gasteiger partial charge in [-0.25, -0.2) is 9.97 Å². The lowest BCUT2D eigenvalue weighted by Gasteiger charge is -2.31. The minimum absolute atomic E-state index is 0.0278. The lowest BCUT2D eigenvalue weighted by molar-refractivity contribution is -0.142. The molecule has 17 amide bonds. The number of likely N-dealkylation sites (tertiary alicyclic amines) is 1. The highest BCUT2D eigenvalue weighted by atomic mass is 16.3. The van der Waals surface area contributed by atoms with Crippen molar-refractivity contribution in [2.45, 2.75) is 229 Å². The number of nitrogens with zero attached hydrogens (tertiary/aromatic N) is 3. The quantitative estimate of drug-likeness (QED) is 0.0111. The molecule has 0 aliphatic carbocycles. The van der Waals surface area contributed by atoms with Gasteiger partial charge in [-0.05, 0) is 127 Å². The topological polar surface area (TPSA) is 726 Å². The second-order valence-corrected chi connectivity index (χ2v) is 30.3. The molecule has 2 aromatic carbocycles. The van der Waals surface area contributed by atoms with Gasteiger partial charge in [0.25, 0.3) is 0 Å². The normalized spacial score (nSPS) is 15.4. The van der Waals surface area contributed by atoms with Gasteiger partial charge in [-0.15, -0.1) is 0 Å². The van der Waals surface area contributed by atoms with Crippen LogP contribution in [0.2, 0.25) is 0 Å². The van der Waals surface area contributed by atoms with Crippen molar-refractivity contribution in [3.05, 3.63) is 102 Å². The monoisotopic (exact) mass is 1740 g/mol. The molecule has 1 aliphatic heterocycles. The van der Waals surface area contributed by atoms with E-state index in [9.17, 15) is 91.7 Å². The number of hydrogen-bond acceptors (Lipinski definition) is 24. The van der Waals surface area contributed by atoms with Gasteiger partial charge in [0.15, 0.2) is 5.96 Å². The fraction of sp³-hybridized carbons (Fsp3) is 0.544. The summed E-state index contributed by atoms with van der Waals surface area (Å²) < 4.78 is 0. The third-order valence-electron chi connectivity index (χ3n) is 19.9. The fourth-order valence-corrected chi connectivity index (χ4v) is 13.1. The molecule has 1 unspecified atom stereocenters. The molecule has 0 spiro atoms. The molecule has 124 heavy (non-hydrogen) atoms. The summed E-state index contributed by atoms with van der Waals surface area (Å²) in [5, 5.41) is 66.0. The summed E-state index contributed by atoms with van der Waals surface area (Å²) in [6.45, 7) is 7.26. The van der Waals surface area contributed by atoms with Crippen LogP contribution in [0.5, 0.6) is 5.75 Å². The van der Waals surface area contributed by atoms with E-state index < -0.39 is 210 Å². The number of primary amides is 2. The van der Waals surface area contributed by atoms with Crippen LogP contribution in [0.1, 0.15) is 141 Å². The summed E-state index contributed by atoms with van der Waals surface area (Å²) in [7, 11) is 0. The average Bonchev–Trinajstić information content (AvgIpc) is 1.65. The Morgan fingerprint density at radius 2 is 0.968 bits per heavy atom. The lowest BCUT2D eigenvalue weighted by Crippen LogP contribution is -2.62. The minimum Gasteiger partial charge on any atom is -0.508 e. The number of nitrogens with two attached hydrogens (primary N) is 5. The number of phenolic OH excluding ortho intramolecular Hbond substituents is 1. The Labute approximate surface area is 715 Å². The zero-order valence-corrected chi connectivity index (χ0v) is 70.3. The van der Waals surface area contributed by atoms with Crippen molar-refractivity contribution in [2.24, 2.45) is 34.6 Å². The predicted octanol–water partition coefficient (Wildman–Crippen LogP) is -7.48. The van der Waals surface area contributed by atoms with E-state index in [2.05, 4.69) is 99.7 Å². The number of aromatic nitrogens is 4. The zero-order valence-electron chi connectivity index (χ0n) is 70.3. The third kappa shape index (κ3) is 34.7. The van der Waals surface area contributed by atoms with E-state index in [0.717, 1.165) is 0 Å². The lowest BCUT2D eigenvalue weighted by atomic mass is 9.99. The van der Waals surface area contributed by atoms with Crippen LogP contribution in [0.25, 0.3) is 0 Å². The molecular weight excluding hydrogens is 1620 g/mol. The number of unbranched alkanes of at least 4 members (excludes halogenated alkanes) is 2. The van der Waals surface area contributed by atoms with Gasteiger partial charge in [-0.1, -0.05) is 63.2 Å². The Kier molecular flexibility index (Phi) is 42.7. The molecule has 1 saturated heterocycles. The minimum atomic E-state index is -1.89. The first-order chi connectivity index (χ1) is 58.9. The first-order valence-corrected chi connectivity index (χ1v) is 40.9. The van der Waals surface area contributed by atoms with Crippen molar-refractivity contribution in [3.8, 4) is 5.75 Å². The van der Waals surface area contributed by atoms with Gasteiger partial charge in [-0.3, -0.25) is 86.9 Å². The number of aliphatic hydroxyl groups is 1. The van der Waals surface area contributed by atoms with Crippen molar-refractivity contribution < 1.29 is 91.7 Å². The number of H-pyrrole nitrogens is 2. The Hall–Kier alpha value is -13.2. The second-order valence-electron chi connectivity index (χ2n) is 30.3. The summed E-state index contributed by atoms with van der Waals surface area (Å²) in [6, 6.07) is -6.05. The second kappa shape index (κ2) is 52.2. The molecule has 5 rings (SSSR count). The Morgan fingerprint density at radius 1 is 0.500 bits per heavy atom. The van der Waals surface area contributed by atoms with Crippen LogP contribution in [0, 0.1) is 11.3 Å². The SMILES string of the molecule is CCC(NC(=O)[C@H](CO)NC(=O)CNC(=O)[C@H](Cc1c[nH]cn1)NC(=O)[C@H](CCCNC(=N)N)NC(=O)[C@H](C)NC(=O)[C@H](CCCCN)NC(C)=O)C(=O)N[C@@H](CC(N)=O)C(=O)N[C@@H](Cc1ccc(O)cc1)C(=O)N[C@H](C(=O)N[C@@H](Cc1ccccc1)C(=O)N1CCC[C@H]1C(=O)N[C@@H](C)C(=O)N[C@@H](Cc1c[nH]cn1)C(=O)N[C@@H](CCCCN)C(N)=O)C(C)C. The predicted molar refractivity (Wildman–Crippen MR) is 447 cm³/mol. The number of hydrogen-bond donors (Lipinski definition) is 25. The van der Waals surface area contributed by atoms with Gasteiger partial charge in [0, 0.05) is 58.1 Å². The van der Waals surface area contributed by atoms with E-state index in [1.807, 2.05) is 0 Å². The highest BCUT2D eigenvalue weighted by Crippen LogP contribution is 2.22. The maximum atomic E-state index is 15.0. The van der Waals surface area contributed by atoms with Crippen molar-refractivity contribution in [1.29, 1.82) is 5.41 Å². The van der Waals surface area contributed by atoms with Crippen molar-refractivity contribution in [2.75, 3.05) is 39.3 Å². The summed E-state index contributed by atoms with van der Waals surface area (Å²) in [4.78, 5) is 250. The number of carbonyl (C=O) groups excluding carboxylic acids is 17. The number of phenols is 1. The van der Waals surface area contributed by atoms with Crippen molar-refractivity contribution in [3.63, 3.8) is 0 Å². The van der Waals surface area contributed by atoms with E-state index >= 15 is 0 Å². The molecular formula is C79H120N26O19. The maximum absolute atomic E-state index is 15.0. The largest absolute Gasteiger partial charge is 0.508 e. The van der Waals surface area contributed by atoms with Crippen LogP contribution in [-0.2, 0) is 107 Å². The third-order valence-corrected chi connectivity index (χ3v) is 19.9. The number of aliphatic hydroxyl groups excluding tert-OH is 1. The number of aromatic hydroxyl groups is 1. The number of amides is 17. The highest BCUT2D eigenvalue weighted by molar-refractivity contribution is 6.01. The summed E-state index contributed by atoms with van der Waals surface area (Å²) >= 11 is 0. The van der Waals surface area contributed by atoms with E-state index in [1.165, 1.54) is 81.9 Å². The van der Waals surface area contributed by atoms with Gasteiger partial charge < -0.3 is 134 Å². The Bertz CT molecular complexity index is 4250. The number of benzene rings is 2. The molecule has 3 heterocycles. The Balaban J connectivity index is 1.28. The first-order valence-electron chi connectivity index (χ1n) is 40.9. The number of aromatic amines is 2. The van der Waals surface area contributed by atoms with Crippen LogP contribution in [0.4, 0.5) is 0 Å². The smallest absolute Gasteiger partial charge is 0.246 e. The number of nitrogens with one attached hydrogen (secondary N) is 18. The van der Waals surface area contributed by atoms with Crippen LogP contribution >= 0.6 is 0 Å². The Morgan fingerprint density at radius 3 is 1.52 bits per heavy atom. The number of imidazole rings is 2. The van der Waals surface area contributed by atoms with Crippen LogP contribution in [0.15, 0.2) is 79.6 Å². The summed E-state index contributed by atoms with van der Waals surface area (Å²) in [5.74, 6) is -16.7. The first kappa shape index (κ1) is 101. The van der Waals surface area contributed by atoms with Gasteiger partial charge in [0.1, 0.15) is 90.3 Å².